The molecule has 0 bridgehead atoms. The van der Waals surface area contributed by atoms with Gasteiger partial charge >= 0.3 is 5.97 Å². The van der Waals surface area contributed by atoms with Crippen molar-refractivity contribution in [2.75, 3.05) is 19.0 Å². The number of methoxy groups -OCH3 is 1. The molecule has 0 unspecified atom stereocenters. The van der Waals surface area contributed by atoms with Crippen molar-refractivity contribution in [1.82, 2.24) is 4.72 Å². The molecule has 1 amide bonds. The van der Waals surface area contributed by atoms with E-state index < -0.39 is 21.9 Å². The minimum atomic E-state index is -3.74. The lowest BCUT2D eigenvalue weighted by atomic mass is 10.1. The van der Waals surface area contributed by atoms with E-state index in [-0.39, 0.29) is 23.4 Å². The highest BCUT2D eigenvalue weighted by Crippen LogP contribution is 2.19. The van der Waals surface area contributed by atoms with Crippen LogP contribution in [0.3, 0.4) is 0 Å². The van der Waals surface area contributed by atoms with Gasteiger partial charge in [-0.05, 0) is 48.9 Å². The van der Waals surface area contributed by atoms with Gasteiger partial charge in [0.15, 0.2) is 0 Å². The number of nitriles is 1. The molecule has 0 aliphatic carbocycles. The first-order valence-electron chi connectivity index (χ1n) is 8.25. The number of amides is 1. The molecular formula is C19H19N3O5S. The Balaban J connectivity index is 2.16. The highest BCUT2D eigenvalue weighted by atomic mass is 32.2. The fourth-order valence-electron chi connectivity index (χ4n) is 2.31. The average Bonchev–Trinajstić information content (AvgIpc) is 2.69. The number of benzene rings is 2. The summed E-state index contributed by atoms with van der Waals surface area (Å²) >= 11 is 0. The molecule has 0 saturated carbocycles. The van der Waals surface area contributed by atoms with Crippen LogP contribution in [0.2, 0.25) is 0 Å². The van der Waals surface area contributed by atoms with Gasteiger partial charge < -0.3 is 10.1 Å². The molecule has 0 spiro atoms. The van der Waals surface area contributed by atoms with E-state index in [1.165, 1.54) is 37.4 Å². The zero-order valence-electron chi connectivity index (χ0n) is 15.4. The third-order valence-corrected chi connectivity index (χ3v) is 5.34. The summed E-state index contributed by atoms with van der Waals surface area (Å²) in [5.74, 6) is -0.972. The lowest BCUT2D eigenvalue weighted by Gasteiger charge is -2.11. The van der Waals surface area contributed by atoms with Crippen molar-refractivity contribution < 1.29 is 22.7 Å². The molecule has 0 atom stereocenters. The van der Waals surface area contributed by atoms with E-state index in [2.05, 4.69) is 14.8 Å². The van der Waals surface area contributed by atoms with Crippen LogP contribution in [0.4, 0.5) is 5.69 Å². The van der Waals surface area contributed by atoms with Crippen LogP contribution in [0, 0.1) is 18.3 Å². The van der Waals surface area contributed by atoms with Crippen LogP contribution >= 0.6 is 0 Å². The third-order valence-electron chi connectivity index (χ3n) is 3.86. The van der Waals surface area contributed by atoms with E-state index >= 15 is 0 Å². The van der Waals surface area contributed by atoms with E-state index in [0.717, 1.165) is 5.56 Å². The highest BCUT2D eigenvalue weighted by molar-refractivity contribution is 7.89. The number of hydrogen-bond donors (Lipinski definition) is 2. The van der Waals surface area contributed by atoms with E-state index in [1.54, 1.807) is 19.1 Å². The Labute approximate surface area is 163 Å². The molecule has 0 aliphatic heterocycles. The molecule has 0 radical (unpaired) electrons. The zero-order valence-corrected chi connectivity index (χ0v) is 16.2. The summed E-state index contributed by atoms with van der Waals surface area (Å²) in [5, 5.41) is 11.2. The Kier molecular flexibility index (Phi) is 6.87. The van der Waals surface area contributed by atoms with Crippen molar-refractivity contribution in [2.45, 2.75) is 18.2 Å². The standard InChI is InChI=1S/C19H19N3O5S/c1-13-4-5-15(19(24)27-2)12-17(13)22-18(23)14-6-8-16(9-7-14)28(25,26)21-11-3-10-20/h4-9,12,21H,3,11H2,1-2H3,(H,22,23). The van der Waals surface area contributed by atoms with Crippen LogP contribution < -0.4 is 10.0 Å². The predicted molar refractivity (Wildman–Crippen MR) is 102 cm³/mol. The lowest BCUT2D eigenvalue weighted by molar-refractivity contribution is 0.0600. The van der Waals surface area contributed by atoms with Gasteiger partial charge in [0.25, 0.3) is 5.91 Å². The van der Waals surface area contributed by atoms with E-state index in [4.69, 9.17) is 5.26 Å². The van der Waals surface area contributed by atoms with Crippen LogP contribution in [0.1, 0.15) is 32.7 Å². The quantitative estimate of drug-likeness (QED) is 0.541. The molecule has 28 heavy (non-hydrogen) atoms. The highest BCUT2D eigenvalue weighted by Gasteiger charge is 2.15. The number of carbonyl (C=O) groups excluding carboxylic acids is 2. The van der Waals surface area contributed by atoms with Crippen LogP contribution in [-0.2, 0) is 14.8 Å². The first kappa shape index (κ1) is 21.1. The van der Waals surface area contributed by atoms with Gasteiger partial charge in [-0.15, -0.1) is 0 Å². The normalized spacial score (nSPS) is 10.8. The van der Waals surface area contributed by atoms with Gasteiger partial charge in [-0.2, -0.15) is 5.26 Å². The maximum absolute atomic E-state index is 12.5. The molecule has 2 N–H and O–H groups in total. The van der Waals surface area contributed by atoms with Crippen molar-refractivity contribution in [2.24, 2.45) is 0 Å². The fraction of sp³-hybridized carbons (Fsp3) is 0.211. The monoisotopic (exact) mass is 401 g/mol. The second kappa shape index (κ2) is 9.12. The lowest BCUT2D eigenvalue weighted by Crippen LogP contribution is -2.24. The Bertz CT molecular complexity index is 1020. The molecular weight excluding hydrogens is 382 g/mol. The number of ether oxygens (including phenoxy) is 1. The Morgan fingerprint density at radius 2 is 1.75 bits per heavy atom. The van der Waals surface area contributed by atoms with Crippen LogP contribution in [0.5, 0.6) is 0 Å². The van der Waals surface area contributed by atoms with Crippen molar-refractivity contribution in [3.8, 4) is 6.07 Å². The molecule has 2 rings (SSSR count). The largest absolute Gasteiger partial charge is 0.465 e. The van der Waals surface area contributed by atoms with Crippen molar-refractivity contribution in [3.63, 3.8) is 0 Å². The first-order valence-corrected chi connectivity index (χ1v) is 9.74. The fourth-order valence-corrected chi connectivity index (χ4v) is 3.34. The smallest absolute Gasteiger partial charge is 0.337 e. The third kappa shape index (κ3) is 5.16. The summed E-state index contributed by atoms with van der Waals surface area (Å²) < 4.78 is 31.1. The van der Waals surface area contributed by atoms with Gasteiger partial charge in [-0.25, -0.2) is 17.9 Å². The van der Waals surface area contributed by atoms with E-state index in [1.807, 2.05) is 6.07 Å². The number of nitrogens with zero attached hydrogens (tertiary/aromatic N) is 1. The van der Waals surface area contributed by atoms with Crippen molar-refractivity contribution >= 4 is 27.6 Å². The number of aryl methyl sites for hydroxylation is 1. The van der Waals surface area contributed by atoms with Gasteiger partial charge in [-0.3, -0.25) is 4.79 Å². The number of esters is 1. The van der Waals surface area contributed by atoms with Crippen LogP contribution in [-0.4, -0.2) is 33.9 Å². The minimum Gasteiger partial charge on any atom is -0.465 e. The number of hydrogen-bond acceptors (Lipinski definition) is 6. The first-order chi connectivity index (χ1) is 13.3. The summed E-state index contributed by atoms with van der Waals surface area (Å²) in [6, 6.07) is 12.0. The number of nitrogens with one attached hydrogen (secondary N) is 2. The average molecular weight is 401 g/mol. The summed E-state index contributed by atoms with van der Waals surface area (Å²) in [5.41, 5.74) is 1.75. The summed E-state index contributed by atoms with van der Waals surface area (Å²) in [6.45, 7) is 1.79. The molecule has 146 valence electrons. The number of anilines is 1. The molecule has 0 aliphatic rings. The second-order valence-electron chi connectivity index (χ2n) is 5.81. The number of rotatable bonds is 7. The summed E-state index contributed by atoms with van der Waals surface area (Å²) in [4.78, 5) is 24.1. The molecule has 0 aromatic heterocycles. The van der Waals surface area contributed by atoms with Gasteiger partial charge in [0.1, 0.15) is 0 Å². The van der Waals surface area contributed by atoms with Gasteiger partial charge in [0.2, 0.25) is 10.0 Å². The maximum Gasteiger partial charge on any atom is 0.337 e. The Morgan fingerprint density at radius 3 is 2.36 bits per heavy atom. The topological polar surface area (TPSA) is 125 Å². The SMILES string of the molecule is COC(=O)c1ccc(C)c(NC(=O)c2ccc(S(=O)(=O)NCCC#N)cc2)c1. The molecule has 9 heteroatoms. The predicted octanol–water partition coefficient (Wildman–Crippen LogP) is 2.23. The summed E-state index contributed by atoms with van der Waals surface area (Å²) in [7, 11) is -2.47. The second-order valence-corrected chi connectivity index (χ2v) is 7.57. The molecule has 8 nitrogen and oxygen atoms in total. The number of sulfonamides is 1. The molecule has 0 heterocycles. The van der Waals surface area contributed by atoms with Crippen molar-refractivity contribution in [3.05, 3.63) is 59.2 Å². The molecule has 2 aromatic rings. The molecule has 0 fully saturated rings. The van der Waals surface area contributed by atoms with E-state index in [0.29, 0.717) is 11.3 Å². The minimum absolute atomic E-state index is 0.00846. The number of carbonyl (C=O) groups is 2. The van der Waals surface area contributed by atoms with Gasteiger partial charge in [0.05, 0.1) is 23.6 Å². The maximum atomic E-state index is 12.5. The Hall–Kier alpha value is -3.22. The summed E-state index contributed by atoms with van der Waals surface area (Å²) in [6.07, 6.45) is 0.0592. The van der Waals surface area contributed by atoms with Gasteiger partial charge in [-0.1, -0.05) is 6.07 Å². The van der Waals surface area contributed by atoms with Crippen LogP contribution in [0.15, 0.2) is 47.4 Å². The van der Waals surface area contributed by atoms with Crippen molar-refractivity contribution in [1.29, 1.82) is 5.26 Å². The molecule has 0 saturated heterocycles. The Morgan fingerprint density at radius 1 is 1.11 bits per heavy atom. The van der Waals surface area contributed by atoms with Gasteiger partial charge in [0, 0.05) is 24.2 Å². The van der Waals surface area contributed by atoms with E-state index in [9.17, 15) is 18.0 Å². The van der Waals surface area contributed by atoms with Crippen LogP contribution in [0.25, 0.3) is 0 Å². The zero-order chi connectivity index (χ0) is 20.7. The molecule has 2 aromatic carbocycles.